The second-order valence-electron chi connectivity index (χ2n) is 5.36. The first-order chi connectivity index (χ1) is 10.1. The molecule has 0 aromatic carbocycles. The van der Waals surface area contributed by atoms with Gasteiger partial charge in [-0.25, -0.2) is 0 Å². The number of nitrogens with zero attached hydrogens (tertiary/aromatic N) is 1. The average Bonchev–Trinajstić information content (AvgIpc) is 2.47. The second-order valence-corrected chi connectivity index (χ2v) is 5.36. The first-order valence-corrected chi connectivity index (χ1v) is 7.26. The summed E-state index contributed by atoms with van der Waals surface area (Å²) in [5.74, 6) is -0.208. The maximum Gasteiger partial charge on any atom is 0.303 e. The van der Waals surface area contributed by atoms with Gasteiger partial charge in [-0.1, -0.05) is 0 Å². The predicted molar refractivity (Wildman–Crippen MR) is 84.8 cm³/mol. The SMILES string of the molecule is C/N=C\C(=N)/C(C=N)=C/NC1CCC(CCC(=O)O)CC1. The van der Waals surface area contributed by atoms with Crippen molar-refractivity contribution >= 4 is 24.1 Å². The Bertz CT molecular complexity index is 435. The second kappa shape index (κ2) is 9.05. The largest absolute Gasteiger partial charge is 0.481 e. The molecule has 1 aliphatic rings. The summed E-state index contributed by atoms with van der Waals surface area (Å²) in [7, 11) is 1.60. The number of carboxylic acid groups (broad SMARTS) is 1. The topological polar surface area (TPSA) is 109 Å². The number of aliphatic imine (C=N–C) groups is 1. The van der Waals surface area contributed by atoms with Crippen LogP contribution in [0.1, 0.15) is 38.5 Å². The van der Waals surface area contributed by atoms with Gasteiger partial charge >= 0.3 is 5.97 Å². The number of carbonyl (C=O) groups is 1. The van der Waals surface area contributed by atoms with Crippen molar-refractivity contribution in [2.24, 2.45) is 10.9 Å². The number of hydrogen-bond acceptors (Lipinski definition) is 5. The smallest absolute Gasteiger partial charge is 0.303 e. The van der Waals surface area contributed by atoms with Gasteiger partial charge in [-0.3, -0.25) is 15.2 Å². The van der Waals surface area contributed by atoms with Gasteiger partial charge in [0.2, 0.25) is 0 Å². The highest BCUT2D eigenvalue weighted by molar-refractivity contribution is 6.42. The van der Waals surface area contributed by atoms with Crippen molar-refractivity contribution in [3.8, 4) is 0 Å². The minimum atomic E-state index is -0.718. The zero-order valence-corrected chi connectivity index (χ0v) is 12.4. The molecule has 0 heterocycles. The molecule has 0 bridgehead atoms. The third-order valence-electron chi connectivity index (χ3n) is 3.81. The molecule has 6 nitrogen and oxygen atoms in total. The van der Waals surface area contributed by atoms with Crippen LogP contribution in [0.2, 0.25) is 0 Å². The first kappa shape index (κ1) is 17.1. The van der Waals surface area contributed by atoms with Gasteiger partial charge in [-0.2, -0.15) is 0 Å². The number of carboxylic acids is 1. The van der Waals surface area contributed by atoms with Crippen LogP contribution in [-0.2, 0) is 4.79 Å². The van der Waals surface area contributed by atoms with Gasteiger partial charge in [0.1, 0.15) is 0 Å². The van der Waals surface area contributed by atoms with E-state index in [2.05, 4.69) is 10.3 Å². The van der Waals surface area contributed by atoms with E-state index in [1.807, 2.05) is 0 Å². The normalized spacial score (nSPS) is 23.0. The van der Waals surface area contributed by atoms with Crippen LogP contribution in [0.15, 0.2) is 16.8 Å². The highest BCUT2D eigenvalue weighted by Crippen LogP contribution is 2.27. The van der Waals surface area contributed by atoms with E-state index in [0.29, 0.717) is 17.5 Å². The van der Waals surface area contributed by atoms with E-state index in [1.54, 1.807) is 13.2 Å². The van der Waals surface area contributed by atoms with Gasteiger partial charge in [0.25, 0.3) is 0 Å². The van der Waals surface area contributed by atoms with Crippen molar-refractivity contribution in [2.75, 3.05) is 7.05 Å². The molecule has 0 aliphatic heterocycles. The van der Waals surface area contributed by atoms with Crippen molar-refractivity contribution in [3.63, 3.8) is 0 Å². The Morgan fingerprint density at radius 2 is 2.05 bits per heavy atom. The lowest BCUT2D eigenvalue weighted by Crippen LogP contribution is -2.30. The summed E-state index contributed by atoms with van der Waals surface area (Å²) in [6.45, 7) is 0. The summed E-state index contributed by atoms with van der Waals surface area (Å²) in [6.07, 6.45) is 9.37. The Balaban J connectivity index is 2.39. The highest BCUT2D eigenvalue weighted by Gasteiger charge is 2.20. The van der Waals surface area contributed by atoms with Crippen LogP contribution in [0.3, 0.4) is 0 Å². The van der Waals surface area contributed by atoms with Crippen LogP contribution in [0.5, 0.6) is 0 Å². The van der Waals surface area contributed by atoms with Crippen LogP contribution in [-0.4, -0.2) is 42.3 Å². The van der Waals surface area contributed by atoms with E-state index >= 15 is 0 Å². The number of allylic oxidation sites excluding steroid dienone is 1. The maximum absolute atomic E-state index is 10.6. The van der Waals surface area contributed by atoms with Gasteiger partial charge < -0.3 is 15.8 Å². The van der Waals surface area contributed by atoms with Crippen LogP contribution in [0.4, 0.5) is 0 Å². The molecule has 0 amide bonds. The molecule has 6 heteroatoms. The third kappa shape index (κ3) is 6.33. The lowest BCUT2D eigenvalue weighted by Gasteiger charge is -2.28. The van der Waals surface area contributed by atoms with E-state index < -0.39 is 5.97 Å². The number of rotatable bonds is 8. The fourth-order valence-corrected chi connectivity index (χ4v) is 2.55. The van der Waals surface area contributed by atoms with Crippen molar-refractivity contribution in [1.82, 2.24) is 5.32 Å². The minimum absolute atomic E-state index is 0.218. The molecular formula is C15H24N4O2. The molecular weight excluding hydrogens is 268 g/mol. The molecule has 116 valence electrons. The molecule has 0 radical (unpaired) electrons. The van der Waals surface area contributed by atoms with Crippen LogP contribution < -0.4 is 5.32 Å². The van der Waals surface area contributed by atoms with Crippen LogP contribution in [0, 0.1) is 16.7 Å². The quantitative estimate of drug-likeness (QED) is 0.515. The van der Waals surface area contributed by atoms with E-state index in [4.69, 9.17) is 15.9 Å². The fraction of sp³-hybridized carbons (Fsp3) is 0.600. The van der Waals surface area contributed by atoms with Crippen LogP contribution >= 0.6 is 0 Å². The molecule has 0 aromatic heterocycles. The molecule has 21 heavy (non-hydrogen) atoms. The number of aliphatic carboxylic acids is 1. The third-order valence-corrected chi connectivity index (χ3v) is 3.81. The van der Waals surface area contributed by atoms with Gasteiger partial charge in [-0.15, -0.1) is 0 Å². The zero-order chi connectivity index (χ0) is 15.7. The molecule has 0 atom stereocenters. The number of hydrogen-bond donors (Lipinski definition) is 4. The Morgan fingerprint density at radius 1 is 1.38 bits per heavy atom. The summed E-state index contributed by atoms with van der Waals surface area (Å²) < 4.78 is 0. The molecule has 1 aliphatic carbocycles. The summed E-state index contributed by atoms with van der Waals surface area (Å²) in [5.41, 5.74) is 0.726. The fourth-order valence-electron chi connectivity index (χ4n) is 2.55. The van der Waals surface area contributed by atoms with Gasteiger partial charge in [0.05, 0.1) is 5.71 Å². The molecule has 1 saturated carbocycles. The maximum atomic E-state index is 10.6. The van der Waals surface area contributed by atoms with Gasteiger partial charge in [-0.05, 0) is 38.0 Å². The van der Waals surface area contributed by atoms with Gasteiger partial charge in [0, 0.05) is 43.7 Å². The van der Waals surface area contributed by atoms with Crippen molar-refractivity contribution < 1.29 is 9.90 Å². The summed E-state index contributed by atoms with van der Waals surface area (Å²) in [4.78, 5) is 14.3. The summed E-state index contributed by atoms with van der Waals surface area (Å²) in [6, 6.07) is 0.340. The summed E-state index contributed by atoms with van der Waals surface area (Å²) >= 11 is 0. The first-order valence-electron chi connectivity index (χ1n) is 7.26. The van der Waals surface area contributed by atoms with E-state index in [-0.39, 0.29) is 12.1 Å². The standard InChI is InChI=1S/C15H24N4O2/c1-18-10-14(17)12(8-16)9-19-13-5-2-11(3-6-13)4-7-15(20)21/h8-11,13,16-17,19H,2-7H2,1H3,(H,20,21)/b12-9+,16-8?,17-14?,18-10-. The van der Waals surface area contributed by atoms with Crippen LogP contribution in [0.25, 0.3) is 0 Å². The molecule has 0 unspecified atom stereocenters. The van der Waals surface area contributed by atoms with Crippen molar-refractivity contribution in [1.29, 1.82) is 10.8 Å². The lowest BCUT2D eigenvalue weighted by atomic mass is 9.83. The molecule has 0 spiro atoms. The van der Waals surface area contributed by atoms with Crippen molar-refractivity contribution in [3.05, 3.63) is 11.8 Å². The van der Waals surface area contributed by atoms with Crippen molar-refractivity contribution in [2.45, 2.75) is 44.6 Å². The zero-order valence-electron chi connectivity index (χ0n) is 12.4. The van der Waals surface area contributed by atoms with Gasteiger partial charge in [0.15, 0.2) is 0 Å². The number of nitrogens with one attached hydrogen (secondary N) is 3. The predicted octanol–water partition coefficient (Wildman–Crippen LogP) is 2.25. The Hall–Kier alpha value is -1.98. The van der Waals surface area contributed by atoms with E-state index in [0.717, 1.165) is 38.3 Å². The van der Waals surface area contributed by atoms with E-state index in [1.165, 1.54) is 6.21 Å². The Labute approximate surface area is 125 Å². The average molecular weight is 292 g/mol. The molecule has 0 saturated heterocycles. The lowest BCUT2D eigenvalue weighted by molar-refractivity contribution is -0.137. The molecule has 4 N–H and O–H groups in total. The summed E-state index contributed by atoms with van der Waals surface area (Å²) in [5, 5.41) is 27.0. The molecule has 0 aromatic rings. The molecule has 1 fully saturated rings. The minimum Gasteiger partial charge on any atom is -0.481 e. The highest BCUT2D eigenvalue weighted by atomic mass is 16.4. The molecule has 1 rings (SSSR count). The van der Waals surface area contributed by atoms with E-state index in [9.17, 15) is 4.79 Å². The Kier molecular flexibility index (Phi) is 7.36. The monoisotopic (exact) mass is 292 g/mol. The Morgan fingerprint density at radius 3 is 2.57 bits per heavy atom.